The highest BCUT2D eigenvalue weighted by Gasteiger charge is 1.97. The van der Waals surface area contributed by atoms with Gasteiger partial charge in [0, 0.05) is 18.8 Å². The Hall–Kier alpha value is -1.28. The summed E-state index contributed by atoms with van der Waals surface area (Å²) < 4.78 is 2.07. The molecule has 12 heavy (non-hydrogen) atoms. The van der Waals surface area contributed by atoms with Crippen LogP contribution in [0.25, 0.3) is 10.9 Å². The van der Waals surface area contributed by atoms with Crippen LogP contribution in [0, 0.1) is 0 Å². The smallest absolute Gasteiger partial charge is 0.0682 e. The highest BCUT2D eigenvalue weighted by atomic mass is 16.3. The average Bonchev–Trinajstić information content (AvgIpc) is 2.47. The van der Waals surface area contributed by atoms with E-state index in [4.69, 9.17) is 5.11 Å². The van der Waals surface area contributed by atoms with E-state index in [1.54, 1.807) is 0 Å². The molecule has 0 saturated heterocycles. The van der Waals surface area contributed by atoms with Crippen molar-refractivity contribution in [3.63, 3.8) is 0 Å². The first-order chi connectivity index (χ1) is 5.81. The fourth-order valence-electron chi connectivity index (χ4n) is 1.43. The van der Waals surface area contributed by atoms with Crippen molar-refractivity contribution in [2.45, 2.75) is 6.61 Å². The minimum absolute atomic E-state index is 0.116. The molecule has 1 heterocycles. The molecule has 2 nitrogen and oxygen atoms in total. The number of hydrogen-bond donors (Lipinski definition) is 1. The number of fused-ring (bicyclic) bond motifs is 1. The molecule has 0 atom stereocenters. The maximum absolute atomic E-state index is 8.90. The van der Waals surface area contributed by atoms with Gasteiger partial charge in [-0.1, -0.05) is 6.07 Å². The summed E-state index contributed by atoms with van der Waals surface area (Å²) in [4.78, 5) is 0. The van der Waals surface area contributed by atoms with Crippen molar-refractivity contribution in [2.24, 2.45) is 7.05 Å². The lowest BCUT2D eigenvalue weighted by molar-refractivity contribution is 0.282. The fourth-order valence-corrected chi connectivity index (χ4v) is 1.43. The molecule has 2 aromatic rings. The first-order valence-electron chi connectivity index (χ1n) is 3.96. The summed E-state index contributed by atoms with van der Waals surface area (Å²) in [6.07, 6.45) is 2.02. The van der Waals surface area contributed by atoms with Crippen LogP contribution in [0.2, 0.25) is 0 Å². The van der Waals surface area contributed by atoms with Crippen LogP contribution >= 0.6 is 0 Å². The number of aromatic nitrogens is 1. The maximum Gasteiger partial charge on any atom is 0.0682 e. The van der Waals surface area contributed by atoms with Crippen molar-refractivity contribution in [1.82, 2.24) is 4.57 Å². The molecule has 0 amide bonds. The highest BCUT2D eigenvalue weighted by molar-refractivity contribution is 5.80. The number of nitrogens with zero attached hydrogens (tertiary/aromatic N) is 1. The quantitative estimate of drug-likeness (QED) is 0.676. The van der Waals surface area contributed by atoms with E-state index in [0.29, 0.717) is 0 Å². The fraction of sp³-hybridized carbons (Fsp3) is 0.200. The van der Waals surface area contributed by atoms with E-state index in [0.717, 1.165) is 5.56 Å². The van der Waals surface area contributed by atoms with Crippen LogP contribution in [0.4, 0.5) is 0 Å². The van der Waals surface area contributed by atoms with Gasteiger partial charge in [0.15, 0.2) is 0 Å². The zero-order chi connectivity index (χ0) is 8.55. The monoisotopic (exact) mass is 161 g/mol. The van der Waals surface area contributed by atoms with Crippen molar-refractivity contribution in [3.05, 3.63) is 36.0 Å². The normalized spacial score (nSPS) is 10.8. The van der Waals surface area contributed by atoms with Gasteiger partial charge < -0.3 is 9.67 Å². The van der Waals surface area contributed by atoms with Crippen LogP contribution in [0.5, 0.6) is 0 Å². The third kappa shape index (κ3) is 1.01. The molecule has 1 N–H and O–H groups in total. The summed E-state index contributed by atoms with van der Waals surface area (Å²) >= 11 is 0. The SMILES string of the molecule is Cn1ccc2cc(CO)ccc21. The molecule has 0 aliphatic carbocycles. The van der Waals surface area contributed by atoms with Crippen LogP contribution in [-0.2, 0) is 13.7 Å². The van der Waals surface area contributed by atoms with Gasteiger partial charge in [0.1, 0.15) is 0 Å². The second kappa shape index (κ2) is 2.64. The lowest BCUT2D eigenvalue weighted by Crippen LogP contribution is -1.85. The van der Waals surface area contributed by atoms with Crippen molar-refractivity contribution < 1.29 is 5.11 Å². The molecule has 0 bridgehead atoms. The first kappa shape index (κ1) is 7.37. The first-order valence-corrected chi connectivity index (χ1v) is 3.96. The van der Waals surface area contributed by atoms with Gasteiger partial charge in [0.05, 0.1) is 6.61 Å². The van der Waals surface area contributed by atoms with Gasteiger partial charge in [-0.3, -0.25) is 0 Å². The predicted octanol–water partition coefficient (Wildman–Crippen LogP) is 1.67. The highest BCUT2D eigenvalue weighted by Crippen LogP contribution is 2.16. The number of aliphatic hydroxyl groups is 1. The van der Waals surface area contributed by atoms with Crippen LogP contribution in [0.1, 0.15) is 5.56 Å². The van der Waals surface area contributed by atoms with E-state index in [9.17, 15) is 0 Å². The number of rotatable bonds is 1. The summed E-state index contributed by atoms with van der Waals surface area (Å²) in [5.74, 6) is 0. The summed E-state index contributed by atoms with van der Waals surface area (Å²) in [5.41, 5.74) is 2.17. The Balaban J connectivity index is 2.69. The van der Waals surface area contributed by atoms with Gasteiger partial charge >= 0.3 is 0 Å². The van der Waals surface area contributed by atoms with Crippen LogP contribution in [-0.4, -0.2) is 9.67 Å². The molecule has 2 heteroatoms. The van der Waals surface area contributed by atoms with Crippen molar-refractivity contribution >= 4 is 10.9 Å². The van der Waals surface area contributed by atoms with Crippen LogP contribution < -0.4 is 0 Å². The third-order valence-electron chi connectivity index (χ3n) is 2.13. The van der Waals surface area contributed by atoms with Crippen LogP contribution in [0.3, 0.4) is 0 Å². The molecule has 0 radical (unpaired) electrons. The zero-order valence-electron chi connectivity index (χ0n) is 6.99. The minimum Gasteiger partial charge on any atom is -0.392 e. The van der Waals surface area contributed by atoms with Crippen molar-refractivity contribution in [3.8, 4) is 0 Å². The standard InChI is InChI=1S/C10H11NO/c1-11-5-4-9-6-8(7-12)2-3-10(9)11/h2-6,12H,7H2,1H3. The summed E-state index contributed by atoms with van der Waals surface area (Å²) in [6, 6.07) is 8.03. The number of hydrogen-bond acceptors (Lipinski definition) is 1. The predicted molar refractivity (Wildman–Crippen MR) is 48.8 cm³/mol. The van der Waals surface area contributed by atoms with E-state index >= 15 is 0 Å². The van der Waals surface area contributed by atoms with E-state index in [-0.39, 0.29) is 6.61 Å². The van der Waals surface area contributed by atoms with Gasteiger partial charge in [-0.2, -0.15) is 0 Å². The molecule has 62 valence electrons. The van der Waals surface area contributed by atoms with Crippen molar-refractivity contribution in [2.75, 3.05) is 0 Å². The number of benzene rings is 1. The van der Waals surface area contributed by atoms with Gasteiger partial charge in [0.25, 0.3) is 0 Å². The van der Waals surface area contributed by atoms with Gasteiger partial charge in [-0.15, -0.1) is 0 Å². The molecule has 1 aromatic carbocycles. The number of aryl methyl sites for hydroxylation is 1. The lowest BCUT2D eigenvalue weighted by Gasteiger charge is -1.98. The molecule has 0 fully saturated rings. The molecule has 0 spiro atoms. The Morgan fingerprint density at radius 1 is 1.33 bits per heavy atom. The topological polar surface area (TPSA) is 25.2 Å². The molecule has 2 rings (SSSR count). The third-order valence-corrected chi connectivity index (χ3v) is 2.13. The summed E-state index contributed by atoms with van der Waals surface area (Å²) in [7, 11) is 2.01. The van der Waals surface area contributed by atoms with Crippen molar-refractivity contribution in [1.29, 1.82) is 0 Å². The van der Waals surface area contributed by atoms with E-state index in [2.05, 4.69) is 10.6 Å². The average molecular weight is 161 g/mol. The van der Waals surface area contributed by atoms with Gasteiger partial charge in [-0.05, 0) is 29.1 Å². The summed E-state index contributed by atoms with van der Waals surface area (Å²) in [5, 5.41) is 10.1. The Kier molecular flexibility index (Phi) is 1.62. The second-order valence-corrected chi connectivity index (χ2v) is 2.98. The minimum atomic E-state index is 0.116. The Morgan fingerprint density at radius 2 is 2.17 bits per heavy atom. The number of aliphatic hydroxyl groups excluding tert-OH is 1. The maximum atomic E-state index is 8.90. The Bertz CT molecular complexity index is 403. The van der Waals surface area contributed by atoms with Crippen LogP contribution in [0.15, 0.2) is 30.5 Å². The Morgan fingerprint density at radius 3 is 2.92 bits per heavy atom. The van der Waals surface area contributed by atoms with E-state index in [1.165, 1.54) is 10.9 Å². The molecule has 0 aliphatic rings. The largest absolute Gasteiger partial charge is 0.392 e. The lowest BCUT2D eigenvalue weighted by atomic mass is 10.2. The second-order valence-electron chi connectivity index (χ2n) is 2.98. The Labute approximate surface area is 71.1 Å². The molecule has 0 aliphatic heterocycles. The molecular formula is C10H11NO. The van der Waals surface area contributed by atoms with E-state index < -0.39 is 0 Å². The molecule has 0 saturated carbocycles. The van der Waals surface area contributed by atoms with E-state index in [1.807, 2.05) is 31.4 Å². The molecule has 0 unspecified atom stereocenters. The summed E-state index contributed by atoms with van der Waals surface area (Å²) in [6.45, 7) is 0.116. The molecule has 1 aromatic heterocycles. The van der Waals surface area contributed by atoms with Gasteiger partial charge in [0.2, 0.25) is 0 Å². The van der Waals surface area contributed by atoms with Gasteiger partial charge in [-0.25, -0.2) is 0 Å². The molecular weight excluding hydrogens is 150 g/mol. The zero-order valence-corrected chi connectivity index (χ0v) is 6.99.